The number of likely N-dealkylation sites (tertiary alicyclic amines) is 1. The van der Waals surface area contributed by atoms with Gasteiger partial charge in [-0.15, -0.1) is 0 Å². The second-order valence-electron chi connectivity index (χ2n) is 10.6. The largest absolute Gasteiger partial charge is 0.405 e. The van der Waals surface area contributed by atoms with Crippen molar-refractivity contribution >= 4 is 11.8 Å². The maximum Gasteiger partial charge on any atom is 0.405 e. The second kappa shape index (κ2) is 13.9. The zero-order chi connectivity index (χ0) is 30.2. The van der Waals surface area contributed by atoms with Crippen LogP contribution < -0.4 is 10.6 Å². The second-order valence-corrected chi connectivity index (χ2v) is 10.6. The van der Waals surface area contributed by atoms with Crippen molar-refractivity contribution in [3.8, 4) is 11.1 Å². The molecule has 2 amide bonds. The van der Waals surface area contributed by atoms with E-state index < -0.39 is 24.0 Å². The number of halogens is 3. The summed E-state index contributed by atoms with van der Waals surface area (Å²) in [4.78, 5) is 32.5. The Labute approximate surface area is 244 Å². The zero-order valence-corrected chi connectivity index (χ0v) is 23.7. The predicted molar refractivity (Wildman–Crippen MR) is 155 cm³/mol. The first-order chi connectivity index (χ1) is 20.3. The van der Waals surface area contributed by atoms with E-state index in [1.807, 2.05) is 48.5 Å². The molecular weight excluding hydrogens is 545 g/mol. The number of carbonyl (C=O) groups is 2. The number of benzene rings is 2. The minimum absolute atomic E-state index is 0.0952. The summed E-state index contributed by atoms with van der Waals surface area (Å²) >= 11 is 0. The predicted octanol–water partition coefficient (Wildman–Crippen LogP) is 4.70. The summed E-state index contributed by atoms with van der Waals surface area (Å²) in [6.07, 6.45) is 0.692. The minimum Gasteiger partial charge on any atom is -0.400 e. The molecule has 0 atom stereocenters. The fourth-order valence-corrected chi connectivity index (χ4v) is 6.07. The van der Waals surface area contributed by atoms with Crippen molar-refractivity contribution in [2.75, 3.05) is 33.3 Å². The van der Waals surface area contributed by atoms with Crippen LogP contribution in [0, 0.1) is 0 Å². The third-order valence-corrected chi connectivity index (χ3v) is 8.00. The molecule has 0 bridgehead atoms. The van der Waals surface area contributed by atoms with E-state index in [-0.39, 0.29) is 11.9 Å². The first-order valence-corrected chi connectivity index (χ1v) is 14.2. The van der Waals surface area contributed by atoms with Gasteiger partial charge < -0.3 is 20.6 Å². The average Bonchev–Trinajstić information content (AvgIpc) is 3.30. The van der Waals surface area contributed by atoms with Gasteiger partial charge in [0.1, 0.15) is 17.7 Å². The maximum absolute atomic E-state index is 13.6. The number of nitrogens with zero attached hydrogens (tertiary/aromatic N) is 2. The van der Waals surface area contributed by atoms with Crippen molar-refractivity contribution in [2.24, 2.45) is 0 Å². The third kappa shape index (κ3) is 6.99. The van der Waals surface area contributed by atoms with Crippen LogP contribution in [0.1, 0.15) is 53.7 Å². The molecule has 1 aliphatic carbocycles. The van der Waals surface area contributed by atoms with Crippen molar-refractivity contribution in [3.05, 3.63) is 89.7 Å². The Morgan fingerprint density at radius 3 is 2.10 bits per heavy atom. The van der Waals surface area contributed by atoms with Crippen molar-refractivity contribution in [1.29, 1.82) is 0 Å². The van der Waals surface area contributed by atoms with Crippen LogP contribution in [0.2, 0.25) is 0 Å². The van der Waals surface area contributed by atoms with Crippen LogP contribution in [0.4, 0.5) is 13.2 Å². The smallest absolute Gasteiger partial charge is 0.400 e. The molecule has 10 heteroatoms. The molecule has 1 saturated heterocycles. The lowest BCUT2D eigenvalue weighted by molar-refractivity contribution is -0.141. The topological polar surface area (TPSA) is 94.6 Å². The molecule has 224 valence electrons. The molecule has 0 saturated carbocycles. The van der Waals surface area contributed by atoms with Gasteiger partial charge in [-0.2, -0.15) is 13.2 Å². The van der Waals surface area contributed by atoms with Crippen LogP contribution in [0.3, 0.4) is 0 Å². The molecular formula is C32H37F3N4O3. The average molecular weight is 583 g/mol. The van der Waals surface area contributed by atoms with Gasteiger partial charge in [0.25, 0.3) is 5.91 Å². The monoisotopic (exact) mass is 582 g/mol. The quantitative estimate of drug-likeness (QED) is 0.318. The summed E-state index contributed by atoms with van der Waals surface area (Å²) < 4.78 is 39.2. The summed E-state index contributed by atoms with van der Waals surface area (Å²) in [5.41, 5.74) is 2.57. The minimum atomic E-state index is -4.49. The fraction of sp³-hybridized carbons (Fsp3) is 0.406. The number of aliphatic hydroxyl groups is 1. The Bertz CT molecular complexity index is 1300. The number of piperidine rings is 1. The Hall–Kier alpha value is -3.76. The molecule has 2 aliphatic rings. The standard InChI is InChI=1S/C31H33F3N4O2.CH4O/c32-31(33,34)21-36-29(40)30(25-11-3-1-9-23(25)24-10-2-4-12-26(24)30)16-6-8-18-38-19-14-22(15-20-38)37-28(39)27-13-5-7-17-35-27;1-2/h1-5,7,9-13,17,22H,6,8,14-16,18-21H2,(H,36,40)(H,37,39);2H,1H3. The van der Waals surface area contributed by atoms with Crippen LogP contribution in [0.15, 0.2) is 72.9 Å². The first-order valence-electron chi connectivity index (χ1n) is 14.2. The van der Waals surface area contributed by atoms with E-state index in [9.17, 15) is 22.8 Å². The van der Waals surface area contributed by atoms with Gasteiger partial charge in [0.15, 0.2) is 0 Å². The fourth-order valence-electron chi connectivity index (χ4n) is 6.07. The number of amides is 2. The number of hydrogen-bond acceptors (Lipinski definition) is 5. The highest BCUT2D eigenvalue weighted by Gasteiger charge is 2.49. The number of pyridine rings is 1. The van der Waals surface area contributed by atoms with E-state index in [4.69, 9.17) is 5.11 Å². The molecule has 0 radical (unpaired) electrons. The van der Waals surface area contributed by atoms with E-state index in [1.54, 1.807) is 24.4 Å². The number of aromatic nitrogens is 1. The van der Waals surface area contributed by atoms with Gasteiger partial charge in [-0.3, -0.25) is 14.6 Å². The number of carbonyl (C=O) groups excluding carboxylic acids is 2. The van der Waals surface area contributed by atoms with Crippen LogP contribution in [0.5, 0.6) is 0 Å². The number of aliphatic hydroxyl groups excluding tert-OH is 1. The number of rotatable bonds is 9. The molecule has 0 spiro atoms. The van der Waals surface area contributed by atoms with Crippen molar-refractivity contribution in [3.63, 3.8) is 0 Å². The molecule has 3 N–H and O–H groups in total. The van der Waals surface area contributed by atoms with Gasteiger partial charge in [-0.25, -0.2) is 0 Å². The maximum atomic E-state index is 13.6. The molecule has 3 aromatic rings. The lowest BCUT2D eigenvalue weighted by atomic mass is 9.73. The third-order valence-electron chi connectivity index (χ3n) is 8.00. The van der Waals surface area contributed by atoms with Gasteiger partial charge in [-0.05, 0) is 66.6 Å². The summed E-state index contributed by atoms with van der Waals surface area (Å²) in [6.45, 7) is 1.15. The van der Waals surface area contributed by atoms with Gasteiger partial charge >= 0.3 is 6.18 Å². The Balaban J connectivity index is 0.00000198. The summed E-state index contributed by atoms with van der Waals surface area (Å²) in [5, 5.41) is 12.3. The van der Waals surface area contributed by atoms with E-state index in [0.29, 0.717) is 18.5 Å². The number of nitrogens with one attached hydrogen (secondary N) is 2. The van der Waals surface area contributed by atoms with Crippen LogP contribution in [-0.4, -0.2) is 72.3 Å². The summed E-state index contributed by atoms with van der Waals surface area (Å²) in [7, 11) is 1.00. The van der Waals surface area contributed by atoms with Crippen LogP contribution in [-0.2, 0) is 10.2 Å². The molecule has 0 unspecified atom stereocenters. The van der Waals surface area contributed by atoms with Crippen LogP contribution in [0.25, 0.3) is 11.1 Å². The Morgan fingerprint density at radius 2 is 1.52 bits per heavy atom. The SMILES string of the molecule is CO.O=C(NC1CCN(CCCCC2(C(=O)NCC(F)(F)F)c3ccccc3-c3ccccc32)CC1)c1ccccn1. The molecule has 2 heterocycles. The van der Waals surface area contributed by atoms with E-state index in [0.717, 1.165) is 68.3 Å². The first kappa shape index (κ1) is 31.2. The normalized spacial score (nSPS) is 16.0. The molecule has 1 aliphatic heterocycles. The number of fused-ring (bicyclic) bond motifs is 3. The molecule has 2 aromatic carbocycles. The molecule has 5 rings (SSSR count). The Morgan fingerprint density at radius 1 is 0.929 bits per heavy atom. The number of unbranched alkanes of at least 4 members (excludes halogenated alkanes) is 1. The number of alkyl halides is 3. The van der Waals surface area contributed by atoms with E-state index in [2.05, 4.69) is 20.5 Å². The van der Waals surface area contributed by atoms with Gasteiger partial charge in [0, 0.05) is 32.4 Å². The van der Waals surface area contributed by atoms with Crippen LogP contribution >= 0.6 is 0 Å². The van der Waals surface area contributed by atoms with Gasteiger partial charge in [0.2, 0.25) is 5.91 Å². The highest BCUT2D eigenvalue weighted by molar-refractivity contribution is 6.00. The van der Waals surface area contributed by atoms with Crippen molar-refractivity contribution in [1.82, 2.24) is 20.5 Å². The molecule has 42 heavy (non-hydrogen) atoms. The van der Waals surface area contributed by atoms with E-state index >= 15 is 0 Å². The lowest BCUT2D eigenvalue weighted by Crippen LogP contribution is -2.47. The molecule has 1 fully saturated rings. The van der Waals surface area contributed by atoms with Gasteiger partial charge in [-0.1, -0.05) is 61.0 Å². The molecule has 1 aromatic heterocycles. The van der Waals surface area contributed by atoms with Crippen molar-refractivity contribution in [2.45, 2.75) is 49.7 Å². The summed E-state index contributed by atoms with van der Waals surface area (Å²) in [5.74, 6) is -0.767. The zero-order valence-electron chi connectivity index (χ0n) is 23.7. The van der Waals surface area contributed by atoms with Gasteiger partial charge in [0.05, 0.1) is 0 Å². The summed E-state index contributed by atoms with van der Waals surface area (Å²) in [6, 6.07) is 20.4. The highest BCUT2D eigenvalue weighted by Crippen LogP contribution is 2.51. The number of hydrogen-bond donors (Lipinski definition) is 3. The van der Waals surface area contributed by atoms with E-state index in [1.165, 1.54) is 0 Å². The van der Waals surface area contributed by atoms with Crippen molar-refractivity contribution < 1.29 is 27.9 Å². The molecule has 7 nitrogen and oxygen atoms in total. The lowest BCUT2D eigenvalue weighted by Gasteiger charge is -2.33. The highest BCUT2D eigenvalue weighted by atomic mass is 19.4. The Kier molecular flexibility index (Phi) is 10.3.